The minimum atomic E-state index is -4.67. The average Bonchev–Trinajstić information content (AvgIpc) is 3.42. The van der Waals surface area contributed by atoms with E-state index in [1.807, 2.05) is 13.8 Å². The van der Waals surface area contributed by atoms with Gasteiger partial charge in [-0.3, -0.25) is 14.3 Å². The van der Waals surface area contributed by atoms with Gasteiger partial charge in [0.05, 0.1) is 16.8 Å². The molecule has 0 bridgehead atoms. The summed E-state index contributed by atoms with van der Waals surface area (Å²) < 4.78 is 40.6. The largest absolute Gasteiger partial charge is 0.433 e. The zero-order chi connectivity index (χ0) is 22.3. The minimum absolute atomic E-state index is 0.0866. The third-order valence-electron chi connectivity index (χ3n) is 4.87. The summed E-state index contributed by atoms with van der Waals surface area (Å²) >= 11 is 0. The van der Waals surface area contributed by atoms with E-state index in [0.29, 0.717) is 10.9 Å². The number of halogens is 3. The van der Waals surface area contributed by atoms with Gasteiger partial charge in [-0.05, 0) is 51.0 Å². The van der Waals surface area contributed by atoms with E-state index in [1.165, 1.54) is 6.07 Å². The van der Waals surface area contributed by atoms with Gasteiger partial charge in [-0.2, -0.15) is 18.3 Å². The van der Waals surface area contributed by atoms with Gasteiger partial charge >= 0.3 is 6.18 Å². The summed E-state index contributed by atoms with van der Waals surface area (Å²) in [5.41, 5.74) is -0.626. The Balaban J connectivity index is 1.70. The van der Waals surface area contributed by atoms with Crippen LogP contribution in [0.3, 0.4) is 0 Å². The highest BCUT2D eigenvalue weighted by molar-refractivity contribution is 6.10. The molecule has 1 fully saturated rings. The lowest BCUT2D eigenvalue weighted by molar-refractivity contribution is -0.141. The molecule has 162 valence electrons. The molecule has 0 unspecified atom stereocenters. The van der Waals surface area contributed by atoms with Gasteiger partial charge < -0.3 is 10.6 Å². The van der Waals surface area contributed by atoms with Crippen molar-refractivity contribution in [3.8, 4) is 0 Å². The number of pyridine rings is 1. The van der Waals surface area contributed by atoms with Crippen LogP contribution in [0.4, 0.5) is 18.9 Å². The fourth-order valence-corrected chi connectivity index (χ4v) is 3.04. The third kappa shape index (κ3) is 4.52. The topological polar surface area (TPSA) is 88.9 Å². The van der Waals surface area contributed by atoms with Crippen LogP contribution in [-0.4, -0.2) is 32.6 Å². The maximum Gasteiger partial charge on any atom is 0.433 e. The highest BCUT2D eigenvalue weighted by atomic mass is 19.4. The highest BCUT2D eigenvalue weighted by Gasteiger charge is 2.33. The Bertz CT molecular complexity index is 1170. The number of amides is 2. The molecule has 4 rings (SSSR count). The molecule has 1 saturated carbocycles. The van der Waals surface area contributed by atoms with Crippen LogP contribution in [0.2, 0.25) is 0 Å². The lowest BCUT2D eigenvalue weighted by atomic mass is 10.1. The molecule has 10 heteroatoms. The molecule has 7 nitrogen and oxygen atoms in total. The van der Waals surface area contributed by atoms with Crippen LogP contribution in [0.5, 0.6) is 0 Å². The van der Waals surface area contributed by atoms with Crippen LogP contribution in [-0.2, 0) is 6.18 Å². The van der Waals surface area contributed by atoms with E-state index in [2.05, 4.69) is 20.7 Å². The number of aromatic nitrogens is 3. The molecule has 0 aliphatic heterocycles. The first kappa shape index (κ1) is 20.8. The first-order valence-electron chi connectivity index (χ1n) is 9.81. The molecule has 1 aromatic carbocycles. The normalized spacial score (nSPS) is 14.1. The molecule has 0 atom stereocenters. The summed E-state index contributed by atoms with van der Waals surface area (Å²) in [5, 5.41) is 10.5. The fraction of sp³-hybridized carbons (Fsp3) is 0.333. The van der Waals surface area contributed by atoms with E-state index in [-0.39, 0.29) is 29.2 Å². The monoisotopic (exact) mass is 431 g/mol. The molecule has 2 aromatic heterocycles. The predicted molar refractivity (Wildman–Crippen MR) is 108 cm³/mol. The van der Waals surface area contributed by atoms with E-state index < -0.39 is 23.5 Å². The number of carbonyl (C=O) groups is 2. The zero-order valence-corrected chi connectivity index (χ0v) is 16.8. The Labute approximate surface area is 175 Å². The summed E-state index contributed by atoms with van der Waals surface area (Å²) in [5.74, 6) is -1.22. The molecule has 2 amide bonds. The van der Waals surface area contributed by atoms with Gasteiger partial charge in [-0.15, -0.1) is 0 Å². The van der Waals surface area contributed by atoms with Gasteiger partial charge in [0.25, 0.3) is 11.8 Å². The number of carbonyl (C=O) groups excluding carboxylic acids is 2. The highest BCUT2D eigenvalue weighted by Crippen LogP contribution is 2.29. The van der Waals surface area contributed by atoms with Gasteiger partial charge in [-0.25, -0.2) is 4.98 Å². The van der Waals surface area contributed by atoms with Crippen LogP contribution >= 0.6 is 0 Å². The average molecular weight is 431 g/mol. The van der Waals surface area contributed by atoms with Crippen molar-refractivity contribution >= 4 is 28.4 Å². The molecular formula is C21H20F3N5O2. The maximum absolute atomic E-state index is 12.9. The van der Waals surface area contributed by atoms with E-state index in [0.717, 1.165) is 25.0 Å². The number of benzene rings is 1. The number of fused-ring (bicyclic) bond motifs is 1. The van der Waals surface area contributed by atoms with Crippen LogP contribution in [0.1, 0.15) is 59.3 Å². The molecule has 0 spiro atoms. The van der Waals surface area contributed by atoms with Crippen molar-refractivity contribution in [2.24, 2.45) is 0 Å². The number of nitrogens with zero attached hydrogens (tertiary/aromatic N) is 3. The quantitative estimate of drug-likeness (QED) is 0.635. The molecule has 0 saturated heterocycles. The number of hydrogen-bond donors (Lipinski definition) is 2. The summed E-state index contributed by atoms with van der Waals surface area (Å²) in [6.07, 6.45) is -1.13. The second-order valence-electron chi connectivity index (χ2n) is 7.77. The number of alkyl halides is 3. The smallest absolute Gasteiger partial charge is 0.349 e. The van der Waals surface area contributed by atoms with Gasteiger partial charge in [0.1, 0.15) is 11.4 Å². The van der Waals surface area contributed by atoms with Crippen molar-refractivity contribution in [2.45, 2.75) is 44.9 Å². The Hall–Kier alpha value is -3.43. The zero-order valence-electron chi connectivity index (χ0n) is 16.8. The third-order valence-corrected chi connectivity index (χ3v) is 4.87. The number of hydrogen-bond acceptors (Lipinski definition) is 4. The van der Waals surface area contributed by atoms with Crippen molar-refractivity contribution in [2.75, 3.05) is 5.32 Å². The molecule has 31 heavy (non-hydrogen) atoms. The summed E-state index contributed by atoms with van der Waals surface area (Å²) in [6.45, 7) is 3.91. The Morgan fingerprint density at radius 2 is 1.90 bits per heavy atom. The van der Waals surface area contributed by atoms with Crippen LogP contribution in [0.25, 0.3) is 10.9 Å². The molecular weight excluding hydrogens is 411 g/mol. The van der Waals surface area contributed by atoms with Gasteiger partial charge in [0, 0.05) is 23.7 Å². The Morgan fingerprint density at radius 3 is 2.55 bits per heavy atom. The number of anilines is 1. The second-order valence-corrected chi connectivity index (χ2v) is 7.77. The van der Waals surface area contributed by atoms with Crippen LogP contribution < -0.4 is 10.6 Å². The summed E-state index contributed by atoms with van der Waals surface area (Å²) in [4.78, 5) is 28.8. The molecule has 0 radical (unpaired) electrons. The second kappa shape index (κ2) is 7.68. The minimum Gasteiger partial charge on any atom is -0.349 e. The molecule has 2 heterocycles. The number of nitrogens with one attached hydrogen (secondary N) is 2. The van der Waals surface area contributed by atoms with E-state index in [9.17, 15) is 22.8 Å². The molecule has 2 N–H and O–H groups in total. The fourth-order valence-electron chi connectivity index (χ4n) is 3.04. The van der Waals surface area contributed by atoms with E-state index in [4.69, 9.17) is 0 Å². The Kier molecular flexibility index (Phi) is 5.16. The SMILES string of the molecule is CC(C)n1cc2cc(NC(=O)c3cccc(C(F)(F)F)n3)c(C(=O)NC3CC3)cc2n1. The first-order valence-corrected chi connectivity index (χ1v) is 9.81. The van der Waals surface area contributed by atoms with Crippen molar-refractivity contribution in [3.05, 3.63) is 53.5 Å². The predicted octanol–water partition coefficient (Wildman–Crippen LogP) is 4.18. The van der Waals surface area contributed by atoms with Crippen LogP contribution in [0, 0.1) is 0 Å². The lowest BCUT2D eigenvalue weighted by Gasteiger charge is -2.12. The summed E-state index contributed by atoms with van der Waals surface area (Å²) in [6, 6.07) is 6.42. The summed E-state index contributed by atoms with van der Waals surface area (Å²) in [7, 11) is 0. The number of rotatable bonds is 5. The lowest BCUT2D eigenvalue weighted by Crippen LogP contribution is -2.27. The van der Waals surface area contributed by atoms with E-state index >= 15 is 0 Å². The van der Waals surface area contributed by atoms with Crippen LogP contribution in [0.15, 0.2) is 36.5 Å². The molecule has 1 aliphatic carbocycles. The molecule has 3 aromatic rings. The maximum atomic E-state index is 12.9. The molecule has 1 aliphatic rings. The van der Waals surface area contributed by atoms with Crippen molar-refractivity contribution in [3.63, 3.8) is 0 Å². The van der Waals surface area contributed by atoms with Crippen molar-refractivity contribution < 1.29 is 22.8 Å². The van der Waals surface area contributed by atoms with Crippen molar-refractivity contribution in [1.82, 2.24) is 20.1 Å². The van der Waals surface area contributed by atoms with E-state index in [1.54, 1.807) is 23.0 Å². The Morgan fingerprint density at radius 1 is 1.16 bits per heavy atom. The van der Waals surface area contributed by atoms with Gasteiger partial charge in [0.15, 0.2) is 0 Å². The van der Waals surface area contributed by atoms with Gasteiger partial charge in [-0.1, -0.05) is 6.07 Å². The van der Waals surface area contributed by atoms with Crippen molar-refractivity contribution in [1.29, 1.82) is 0 Å². The standard InChI is InChI=1S/C21H20F3N5O2/c1-11(2)29-10-12-8-17(14(9-16(12)28-29)19(30)25-13-6-7-13)27-20(31)15-4-3-5-18(26-15)21(22,23)24/h3-5,8-11,13H,6-7H2,1-2H3,(H,25,30)(H,27,31). The van der Waals surface area contributed by atoms with Gasteiger partial charge in [0.2, 0.25) is 0 Å². The first-order chi connectivity index (χ1) is 14.6.